The third-order valence-corrected chi connectivity index (χ3v) is 3.97. The lowest BCUT2D eigenvalue weighted by atomic mass is 9.96. The van der Waals surface area contributed by atoms with Crippen LogP contribution in [-0.2, 0) is 13.0 Å². The van der Waals surface area contributed by atoms with E-state index < -0.39 is 5.67 Å². The van der Waals surface area contributed by atoms with Gasteiger partial charge in [0.05, 0.1) is 0 Å². The minimum absolute atomic E-state index is 0.390. The van der Waals surface area contributed by atoms with Gasteiger partial charge in [0.2, 0.25) is 0 Å². The first-order valence-corrected chi connectivity index (χ1v) is 6.95. The van der Waals surface area contributed by atoms with E-state index in [0.29, 0.717) is 12.6 Å². The highest BCUT2D eigenvalue weighted by Gasteiger charge is 2.30. The average molecular weight is 260 g/mol. The molecule has 0 saturated heterocycles. The molecule has 2 aromatic rings. The van der Waals surface area contributed by atoms with Gasteiger partial charge in [-0.2, -0.15) is 0 Å². The van der Waals surface area contributed by atoms with Crippen molar-refractivity contribution >= 4 is 10.9 Å². The summed E-state index contributed by atoms with van der Waals surface area (Å²) in [5.74, 6) is 0. The quantitative estimate of drug-likeness (QED) is 0.873. The zero-order valence-electron chi connectivity index (χ0n) is 11.8. The molecule has 0 aliphatic carbocycles. The SMILES string of the molecule is CC1Cc2c([nH]c3ccccc23)CN1CC(C)(C)F. The van der Waals surface area contributed by atoms with E-state index in [0.717, 1.165) is 13.0 Å². The highest BCUT2D eigenvalue weighted by molar-refractivity contribution is 5.84. The van der Waals surface area contributed by atoms with Crippen molar-refractivity contribution in [3.63, 3.8) is 0 Å². The number of para-hydroxylation sites is 1. The van der Waals surface area contributed by atoms with Crippen molar-refractivity contribution in [3.8, 4) is 0 Å². The molecule has 2 nitrogen and oxygen atoms in total. The topological polar surface area (TPSA) is 19.0 Å². The molecule has 0 fully saturated rings. The highest BCUT2D eigenvalue weighted by atomic mass is 19.1. The molecule has 1 aliphatic rings. The Labute approximate surface area is 113 Å². The Morgan fingerprint density at radius 2 is 2.11 bits per heavy atom. The summed E-state index contributed by atoms with van der Waals surface area (Å²) in [7, 11) is 0. The zero-order chi connectivity index (χ0) is 13.6. The Morgan fingerprint density at radius 1 is 1.37 bits per heavy atom. The van der Waals surface area contributed by atoms with Gasteiger partial charge in [-0.3, -0.25) is 4.90 Å². The van der Waals surface area contributed by atoms with Crippen LogP contribution in [0.1, 0.15) is 32.0 Å². The van der Waals surface area contributed by atoms with E-state index in [9.17, 15) is 4.39 Å². The van der Waals surface area contributed by atoms with Crippen LogP contribution in [0.4, 0.5) is 4.39 Å². The molecular formula is C16H21FN2. The standard InChI is InChI=1S/C16H21FN2/c1-11-8-13-12-6-4-5-7-14(12)18-15(13)9-19(11)10-16(2,3)17/h4-7,11,18H,8-10H2,1-3H3. The number of H-pyrrole nitrogens is 1. The zero-order valence-corrected chi connectivity index (χ0v) is 11.8. The van der Waals surface area contributed by atoms with Crippen LogP contribution in [0.5, 0.6) is 0 Å². The minimum Gasteiger partial charge on any atom is -0.357 e. The molecule has 1 atom stereocenters. The van der Waals surface area contributed by atoms with Gasteiger partial charge in [0.25, 0.3) is 0 Å². The van der Waals surface area contributed by atoms with E-state index in [1.807, 2.05) is 0 Å². The molecule has 1 unspecified atom stereocenters. The molecule has 3 rings (SSSR count). The van der Waals surface area contributed by atoms with Crippen LogP contribution in [0.25, 0.3) is 10.9 Å². The van der Waals surface area contributed by atoms with Crippen molar-refractivity contribution in [3.05, 3.63) is 35.5 Å². The molecular weight excluding hydrogens is 239 g/mol. The summed E-state index contributed by atoms with van der Waals surface area (Å²) in [6.07, 6.45) is 0.995. The molecule has 3 heteroatoms. The summed E-state index contributed by atoms with van der Waals surface area (Å²) in [4.78, 5) is 5.72. The normalized spacial score (nSPS) is 20.7. The molecule has 1 N–H and O–H groups in total. The van der Waals surface area contributed by atoms with Crippen LogP contribution in [0.3, 0.4) is 0 Å². The van der Waals surface area contributed by atoms with E-state index in [4.69, 9.17) is 0 Å². The summed E-state index contributed by atoms with van der Waals surface area (Å²) >= 11 is 0. The van der Waals surface area contributed by atoms with E-state index in [-0.39, 0.29) is 0 Å². The lowest BCUT2D eigenvalue weighted by Crippen LogP contribution is -2.44. The largest absolute Gasteiger partial charge is 0.357 e. The Balaban J connectivity index is 1.95. The van der Waals surface area contributed by atoms with Gasteiger partial charge in [0.1, 0.15) is 5.67 Å². The smallest absolute Gasteiger partial charge is 0.118 e. The van der Waals surface area contributed by atoms with Crippen LogP contribution in [0, 0.1) is 0 Å². The first kappa shape index (κ1) is 12.7. The van der Waals surface area contributed by atoms with Crippen LogP contribution in [-0.4, -0.2) is 28.1 Å². The Morgan fingerprint density at radius 3 is 2.84 bits per heavy atom. The van der Waals surface area contributed by atoms with Gasteiger partial charge in [-0.05, 0) is 38.8 Å². The maximum absolute atomic E-state index is 13.9. The predicted octanol–water partition coefficient (Wildman–Crippen LogP) is 3.66. The molecule has 2 heterocycles. The summed E-state index contributed by atoms with van der Waals surface area (Å²) < 4.78 is 13.9. The van der Waals surface area contributed by atoms with Crippen molar-refractivity contribution in [1.82, 2.24) is 9.88 Å². The maximum atomic E-state index is 13.9. The van der Waals surface area contributed by atoms with Gasteiger partial charge in [-0.1, -0.05) is 18.2 Å². The molecule has 102 valence electrons. The van der Waals surface area contributed by atoms with Gasteiger partial charge in [0.15, 0.2) is 0 Å². The number of rotatable bonds is 2. The van der Waals surface area contributed by atoms with Gasteiger partial charge in [-0.25, -0.2) is 4.39 Å². The average Bonchev–Trinajstić information content (AvgIpc) is 2.66. The Hall–Kier alpha value is -1.35. The van der Waals surface area contributed by atoms with Crippen molar-refractivity contribution in [2.75, 3.05) is 6.54 Å². The second-order valence-corrected chi connectivity index (χ2v) is 6.30. The fourth-order valence-electron chi connectivity index (χ4n) is 3.10. The molecule has 0 spiro atoms. The highest BCUT2D eigenvalue weighted by Crippen LogP contribution is 2.31. The Bertz CT molecular complexity index is 594. The molecule has 0 saturated carbocycles. The third-order valence-electron chi connectivity index (χ3n) is 3.97. The lowest BCUT2D eigenvalue weighted by Gasteiger charge is -2.36. The first-order chi connectivity index (χ1) is 8.94. The van der Waals surface area contributed by atoms with Gasteiger partial charge in [0, 0.05) is 35.7 Å². The second-order valence-electron chi connectivity index (χ2n) is 6.30. The van der Waals surface area contributed by atoms with Crippen LogP contribution in [0.15, 0.2) is 24.3 Å². The number of aromatic amines is 1. The van der Waals surface area contributed by atoms with Crippen molar-refractivity contribution in [2.45, 2.75) is 45.4 Å². The molecule has 1 aliphatic heterocycles. The van der Waals surface area contributed by atoms with Crippen molar-refractivity contribution < 1.29 is 4.39 Å². The summed E-state index contributed by atoms with van der Waals surface area (Å²) in [6.45, 7) is 6.80. The fraction of sp³-hybridized carbons (Fsp3) is 0.500. The number of fused-ring (bicyclic) bond motifs is 3. The number of alkyl halides is 1. The number of hydrogen-bond acceptors (Lipinski definition) is 1. The van der Waals surface area contributed by atoms with Crippen molar-refractivity contribution in [1.29, 1.82) is 0 Å². The van der Waals surface area contributed by atoms with Crippen molar-refractivity contribution in [2.24, 2.45) is 0 Å². The predicted molar refractivity (Wildman–Crippen MR) is 77.1 cm³/mol. The van der Waals surface area contributed by atoms with E-state index in [2.05, 4.69) is 41.1 Å². The monoisotopic (exact) mass is 260 g/mol. The fourth-order valence-corrected chi connectivity index (χ4v) is 3.10. The summed E-state index contributed by atoms with van der Waals surface area (Å²) in [5.41, 5.74) is 2.72. The number of benzene rings is 1. The van der Waals surface area contributed by atoms with E-state index in [1.54, 1.807) is 13.8 Å². The van der Waals surface area contributed by atoms with Gasteiger partial charge in [-0.15, -0.1) is 0 Å². The molecule has 0 radical (unpaired) electrons. The maximum Gasteiger partial charge on any atom is 0.118 e. The number of hydrogen-bond donors (Lipinski definition) is 1. The minimum atomic E-state index is -1.14. The number of nitrogens with one attached hydrogen (secondary N) is 1. The number of aromatic nitrogens is 1. The molecule has 0 bridgehead atoms. The van der Waals surface area contributed by atoms with Crippen LogP contribution in [0.2, 0.25) is 0 Å². The Kier molecular flexibility index (Phi) is 2.90. The van der Waals surface area contributed by atoms with E-state index >= 15 is 0 Å². The third kappa shape index (κ3) is 2.39. The first-order valence-electron chi connectivity index (χ1n) is 6.95. The van der Waals surface area contributed by atoms with E-state index in [1.165, 1.54) is 22.2 Å². The van der Waals surface area contributed by atoms with Gasteiger partial charge >= 0.3 is 0 Å². The van der Waals surface area contributed by atoms with Gasteiger partial charge < -0.3 is 4.98 Å². The summed E-state index contributed by atoms with van der Waals surface area (Å²) in [6, 6.07) is 8.81. The lowest BCUT2D eigenvalue weighted by molar-refractivity contribution is 0.0853. The number of halogens is 1. The number of nitrogens with zero attached hydrogens (tertiary/aromatic N) is 1. The molecule has 1 aromatic carbocycles. The molecule has 0 amide bonds. The second kappa shape index (κ2) is 4.34. The van der Waals surface area contributed by atoms with Crippen LogP contribution < -0.4 is 0 Å². The summed E-state index contributed by atoms with van der Waals surface area (Å²) in [5, 5.41) is 1.32. The molecule has 19 heavy (non-hydrogen) atoms. The van der Waals surface area contributed by atoms with Crippen LogP contribution >= 0.6 is 0 Å². The molecule has 1 aromatic heterocycles.